The number of rotatable bonds is 4. The van der Waals surface area contributed by atoms with Crippen molar-refractivity contribution >= 4 is 11.8 Å². The maximum absolute atomic E-state index is 13.2. The molecule has 1 saturated heterocycles. The van der Waals surface area contributed by atoms with Crippen molar-refractivity contribution in [1.82, 2.24) is 9.97 Å². The summed E-state index contributed by atoms with van der Waals surface area (Å²) < 4.78 is 39.6. The second-order valence-corrected chi connectivity index (χ2v) is 6.48. The van der Waals surface area contributed by atoms with E-state index in [2.05, 4.69) is 9.97 Å². The highest BCUT2D eigenvalue weighted by Crippen LogP contribution is 2.33. The van der Waals surface area contributed by atoms with Crippen molar-refractivity contribution in [3.63, 3.8) is 0 Å². The van der Waals surface area contributed by atoms with Gasteiger partial charge in [-0.3, -0.25) is 0 Å². The van der Waals surface area contributed by atoms with E-state index in [1.807, 2.05) is 35.2 Å². The third-order valence-corrected chi connectivity index (χ3v) is 4.40. The van der Waals surface area contributed by atoms with Crippen LogP contribution in [0.5, 0.6) is 0 Å². The summed E-state index contributed by atoms with van der Waals surface area (Å²) in [4.78, 5) is 11.7. The Labute approximate surface area is 145 Å². The Hall–Kier alpha value is -2.31. The number of anilines is 2. The van der Waals surface area contributed by atoms with E-state index in [4.69, 9.17) is 0 Å². The Morgan fingerprint density at radius 2 is 1.88 bits per heavy atom. The van der Waals surface area contributed by atoms with E-state index in [1.165, 1.54) is 5.56 Å². The third kappa shape index (κ3) is 4.03. The molecule has 3 rings (SSSR count). The zero-order chi connectivity index (χ0) is 18.0. The molecule has 2 heterocycles. The number of alkyl halides is 3. The van der Waals surface area contributed by atoms with Gasteiger partial charge in [-0.2, -0.15) is 18.2 Å². The predicted molar refractivity (Wildman–Crippen MR) is 91.9 cm³/mol. The molecule has 7 heteroatoms. The number of hydrogen-bond donors (Lipinski definition) is 0. The van der Waals surface area contributed by atoms with E-state index in [-0.39, 0.29) is 17.8 Å². The Morgan fingerprint density at radius 3 is 2.52 bits per heavy atom. The average molecular weight is 350 g/mol. The lowest BCUT2D eigenvalue weighted by molar-refractivity contribution is -0.141. The zero-order valence-corrected chi connectivity index (χ0v) is 14.3. The van der Waals surface area contributed by atoms with E-state index in [1.54, 1.807) is 19.0 Å². The van der Waals surface area contributed by atoms with E-state index in [0.29, 0.717) is 6.54 Å². The summed E-state index contributed by atoms with van der Waals surface area (Å²) in [5.41, 5.74) is 0.269. The fourth-order valence-electron chi connectivity index (χ4n) is 3.12. The van der Waals surface area contributed by atoms with E-state index >= 15 is 0 Å². The third-order valence-electron chi connectivity index (χ3n) is 4.40. The van der Waals surface area contributed by atoms with Crippen LogP contribution in [-0.2, 0) is 12.6 Å². The topological polar surface area (TPSA) is 32.3 Å². The van der Waals surface area contributed by atoms with Gasteiger partial charge in [-0.05, 0) is 24.8 Å². The SMILES string of the molecule is CN(C)c1cc(C(F)(F)F)nc(N2CCCC2Cc2ccccc2)n1. The molecule has 0 aliphatic carbocycles. The predicted octanol–water partition coefficient (Wildman–Crippen LogP) is 3.77. The highest BCUT2D eigenvalue weighted by atomic mass is 19.4. The van der Waals surface area contributed by atoms with Crippen LogP contribution in [-0.4, -0.2) is 36.6 Å². The van der Waals surface area contributed by atoms with Gasteiger partial charge in [0.2, 0.25) is 5.95 Å². The molecule has 4 nitrogen and oxygen atoms in total. The zero-order valence-electron chi connectivity index (χ0n) is 14.3. The Kier molecular flexibility index (Phi) is 4.83. The minimum Gasteiger partial charge on any atom is -0.363 e. The first-order chi connectivity index (χ1) is 11.8. The molecule has 1 aromatic heterocycles. The minimum atomic E-state index is -4.49. The molecular formula is C18H21F3N4. The lowest BCUT2D eigenvalue weighted by Crippen LogP contribution is -2.33. The maximum Gasteiger partial charge on any atom is 0.433 e. The molecule has 0 saturated carbocycles. The fraction of sp³-hybridized carbons (Fsp3) is 0.444. The first-order valence-corrected chi connectivity index (χ1v) is 8.29. The number of benzene rings is 1. The fourth-order valence-corrected chi connectivity index (χ4v) is 3.12. The Morgan fingerprint density at radius 1 is 1.16 bits per heavy atom. The molecule has 1 aliphatic rings. The lowest BCUT2D eigenvalue weighted by Gasteiger charge is -2.26. The van der Waals surface area contributed by atoms with Gasteiger partial charge in [0.1, 0.15) is 5.82 Å². The number of halogens is 3. The molecule has 0 N–H and O–H groups in total. The van der Waals surface area contributed by atoms with Crippen LogP contribution < -0.4 is 9.80 Å². The van der Waals surface area contributed by atoms with Gasteiger partial charge in [-0.25, -0.2) is 4.98 Å². The summed E-state index contributed by atoms with van der Waals surface area (Å²) >= 11 is 0. The van der Waals surface area contributed by atoms with Crippen LogP contribution in [0, 0.1) is 0 Å². The van der Waals surface area contributed by atoms with Crippen molar-refractivity contribution in [1.29, 1.82) is 0 Å². The first kappa shape index (κ1) is 17.5. The Bertz CT molecular complexity index is 716. The second-order valence-electron chi connectivity index (χ2n) is 6.48. The van der Waals surface area contributed by atoms with Gasteiger partial charge < -0.3 is 9.80 Å². The lowest BCUT2D eigenvalue weighted by atomic mass is 10.0. The molecule has 1 atom stereocenters. The van der Waals surface area contributed by atoms with Gasteiger partial charge in [-0.1, -0.05) is 30.3 Å². The van der Waals surface area contributed by atoms with Gasteiger partial charge in [0.05, 0.1) is 0 Å². The molecule has 0 bridgehead atoms. The van der Waals surface area contributed by atoms with Crippen LogP contribution >= 0.6 is 0 Å². The number of aromatic nitrogens is 2. The van der Waals surface area contributed by atoms with Crippen LogP contribution in [0.1, 0.15) is 24.1 Å². The molecule has 134 valence electrons. The maximum atomic E-state index is 13.2. The van der Waals surface area contributed by atoms with Crippen molar-refractivity contribution in [2.75, 3.05) is 30.4 Å². The van der Waals surface area contributed by atoms with E-state index < -0.39 is 11.9 Å². The van der Waals surface area contributed by atoms with Gasteiger partial charge in [0.25, 0.3) is 0 Å². The summed E-state index contributed by atoms with van der Waals surface area (Å²) in [6, 6.07) is 11.1. The molecule has 1 aromatic carbocycles. The van der Waals surface area contributed by atoms with E-state index in [0.717, 1.165) is 25.3 Å². The van der Waals surface area contributed by atoms with Crippen molar-refractivity contribution in [2.45, 2.75) is 31.5 Å². The van der Waals surface area contributed by atoms with Gasteiger partial charge >= 0.3 is 6.18 Å². The van der Waals surface area contributed by atoms with E-state index in [9.17, 15) is 13.2 Å². The molecule has 1 unspecified atom stereocenters. The molecular weight excluding hydrogens is 329 g/mol. The van der Waals surface area contributed by atoms with Crippen LogP contribution in [0.2, 0.25) is 0 Å². The largest absolute Gasteiger partial charge is 0.433 e. The molecule has 1 aliphatic heterocycles. The Balaban J connectivity index is 1.92. The van der Waals surface area contributed by atoms with Crippen molar-refractivity contribution in [3.8, 4) is 0 Å². The average Bonchev–Trinajstić information content (AvgIpc) is 3.02. The second kappa shape index (κ2) is 6.90. The van der Waals surface area contributed by atoms with Crippen LogP contribution in [0.15, 0.2) is 36.4 Å². The normalized spacial score (nSPS) is 17.8. The monoisotopic (exact) mass is 350 g/mol. The van der Waals surface area contributed by atoms with Crippen molar-refractivity contribution in [2.24, 2.45) is 0 Å². The number of nitrogens with zero attached hydrogens (tertiary/aromatic N) is 4. The van der Waals surface area contributed by atoms with Crippen LogP contribution in [0.3, 0.4) is 0 Å². The van der Waals surface area contributed by atoms with Crippen LogP contribution in [0.4, 0.5) is 24.9 Å². The molecule has 2 aromatic rings. The van der Waals surface area contributed by atoms with Crippen LogP contribution in [0.25, 0.3) is 0 Å². The van der Waals surface area contributed by atoms with Gasteiger partial charge in [0.15, 0.2) is 5.69 Å². The molecule has 0 spiro atoms. The van der Waals surface area contributed by atoms with Crippen molar-refractivity contribution < 1.29 is 13.2 Å². The van der Waals surface area contributed by atoms with Crippen molar-refractivity contribution in [3.05, 3.63) is 47.7 Å². The minimum absolute atomic E-state index is 0.112. The highest BCUT2D eigenvalue weighted by molar-refractivity contribution is 5.47. The van der Waals surface area contributed by atoms with Gasteiger partial charge in [-0.15, -0.1) is 0 Å². The summed E-state index contributed by atoms with van der Waals surface area (Å²) in [6.45, 7) is 0.672. The summed E-state index contributed by atoms with van der Waals surface area (Å²) in [6.07, 6.45) is -1.87. The molecule has 25 heavy (non-hydrogen) atoms. The molecule has 1 fully saturated rings. The van der Waals surface area contributed by atoms with Gasteiger partial charge in [0, 0.05) is 32.7 Å². The number of hydrogen-bond acceptors (Lipinski definition) is 4. The smallest absolute Gasteiger partial charge is 0.363 e. The summed E-state index contributed by atoms with van der Waals surface area (Å²) in [5.74, 6) is 0.430. The summed E-state index contributed by atoms with van der Waals surface area (Å²) in [7, 11) is 3.36. The first-order valence-electron chi connectivity index (χ1n) is 8.29. The highest BCUT2D eigenvalue weighted by Gasteiger charge is 2.36. The molecule has 0 amide bonds. The summed E-state index contributed by atoms with van der Waals surface area (Å²) in [5, 5.41) is 0. The molecule has 0 radical (unpaired) electrons. The standard InChI is InChI=1S/C18H21F3N4/c1-24(2)16-12-15(18(19,20)21)22-17(23-16)25-10-6-9-14(25)11-13-7-4-3-5-8-13/h3-5,7-8,12,14H,6,9-11H2,1-2H3. The quantitative estimate of drug-likeness (QED) is 0.840.